The van der Waals surface area contributed by atoms with Crippen molar-refractivity contribution in [1.82, 2.24) is 0 Å². The first-order valence-corrected chi connectivity index (χ1v) is 23.7. The van der Waals surface area contributed by atoms with Gasteiger partial charge in [0.1, 0.15) is 0 Å². The number of para-hydroxylation sites is 2. The molecule has 0 radical (unpaired) electrons. The highest BCUT2D eigenvalue weighted by Gasteiger charge is 2.49. The van der Waals surface area contributed by atoms with E-state index in [1.807, 2.05) is 0 Å². The number of anilines is 6. The van der Waals surface area contributed by atoms with Crippen molar-refractivity contribution in [3.05, 3.63) is 267 Å². The first-order chi connectivity index (χ1) is 31.3. The van der Waals surface area contributed by atoms with Crippen molar-refractivity contribution in [2.75, 3.05) is 9.80 Å². The first kappa shape index (κ1) is 38.0. The molecule has 298 valence electrons. The van der Waals surface area contributed by atoms with E-state index in [0.29, 0.717) is 0 Å². The quantitative estimate of drug-likeness (QED) is 0.134. The summed E-state index contributed by atoms with van der Waals surface area (Å²) in [7, 11) is -2.85. The van der Waals surface area contributed by atoms with Crippen molar-refractivity contribution in [3.8, 4) is 33.4 Å². The van der Waals surface area contributed by atoms with E-state index in [4.69, 9.17) is 0 Å². The number of rotatable bonds is 9. The Morgan fingerprint density at radius 3 is 1.27 bits per heavy atom. The summed E-state index contributed by atoms with van der Waals surface area (Å²) in [5, 5.41) is 5.47. The van der Waals surface area contributed by atoms with E-state index in [9.17, 15) is 0 Å². The number of benzene rings is 10. The molecule has 2 nitrogen and oxygen atoms in total. The second-order valence-corrected chi connectivity index (χ2v) is 19.8. The average Bonchev–Trinajstić information content (AvgIpc) is 3.37. The molecule has 0 bridgehead atoms. The Morgan fingerprint density at radius 1 is 0.270 bits per heavy atom. The van der Waals surface area contributed by atoms with Crippen molar-refractivity contribution < 1.29 is 0 Å². The molecule has 0 fully saturated rings. The molecule has 10 aromatic rings. The monoisotopic (exact) mass is 820 g/mol. The van der Waals surface area contributed by atoms with Crippen LogP contribution in [0.1, 0.15) is 0 Å². The van der Waals surface area contributed by atoms with E-state index in [1.54, 1.807) is 0 Å². The van der Waals surface area contributed by atoms with Gasteiger partial charge in [-0.1, -0.05) is 212 Å². The van der Waals surface area contributed by atoms with Gasteiger partial charge in [0.25, 0.3) is 0 Å². The van der Waals surface area contributed by atoms with Crippen LogP contribution in [0.5, 0.6) is 0 Å². The molecule has 1 aliphatic heterocycles. The standard InChI is InChI=1S/C60H44N2Si/c1-6-19-45(20-7-1)47-33-35-48(36-34-47)49-37-39-52(40-38-49)61(53-26-18-23-50(43-53)46-21-8-2-9-22-46)54-41-42-60-58(44-54)62(51-24-10-3-11-25-51)57-31-16-17-32-59(57)63(60,55-27-12-4-13-28-55)56-29-14-5-15-30-56/h1-44H. The molecule has 0 atom stereocenters. The van der Waals surface area contributed by atoms with Crippen LogP contribution in [0.25, 0.3) is 33.4 Å². The van der Waals surface area contributed by atoms with Gasteiger partial charge in [-0.15, -0.1) is 0 Å². The normalized spacial score (nSPS) is 12.5. The van der Waals surface area contributed by atoms with Gasteiger partial charge in [-0.05, 0) is 109 Å². The van der Waals surface area contributed by atoms with Gasteiger partial charge in [0.05, 0.1) is 0 Å². The van der Waals surface area contributed by atoms with Gasteiger partial charge in [-0.2, -0.15) is 0 Å². The van der Waals surface area contributed by atoms with Crippen molar-refractivity contribution in [2.45, 2.75) is 0 Å². The van der Waals surface area contributed by atoms with Crippen molar-refractivity contribution in [2.24, 2.45) is 0 Å². The highest BCUT2D eigenvalue weighted by atomic mass is 28.3. The summed E-state index contributed by atoms with van der Waals surface area (Å²) in [6.07, 6.45) is 0. The lowest BCUT2D eigenvalue weighted by Crippen LogP contribution is -2.77. The molecule has 3 heteroatoms. The van der Waals surface area contributed by atoms with Crippen molar-refractivity contribution >= 4 is 62.9 Å². The van der Waals surface area contributed by atoms with E-state index in [1.165, 1.54) is 65.5 Å². The number of hydrogen-bond acceptors (Lipinski definition) is 2. The predicted molar refractivity (Wildman–Crippen MR) is 269 cm³/mol. The highest BCUT2D eigenvalue weighted by Crippen LogP contribution is 2.43. The molecule has 0 aromatic heterocycles. The fourth-order valence-corrected chi connectivity index (χ4v) is 14.7. The minimum absolute atomic E-state index is 1.09. The Kier molecular flexibility index (Phi) is 9.93. The minimum Gasteiger partial charge on any atom is -0.311 e. The summed E-state index contributed by atoms with van der Waals surface area (Å²) < 4.78 is 0. The van der Waals surface area contributed by atoms with Crippen LogP contribution < -0.4 is 30.5 Å². The summed E-state index contributed by atoms with van der Waals surface area (Å²) in [4.78, 5) is 4.92. The summed E-state index contributed by atoms with van der Waals surface area (Å²) in [5.74, 6) is 0. The Balaban J connectivity index is 1.12. The molecular formula is C60H44N2Si. The van der Waals surface area contributed by atoms with E-state index < -0.39 is 8.07 Å². The third kappa shape index (κ3) is 6.86. The van der Waals surface area contributed by atoms with Crippen LogP contribution >= 0.6 is 0 Å². The number of nitrogens with zero attached hydrogens (tertiary/aromatic N) is 2. The lowest BCUT2D eigenvalue weighted by Gasteiger charge is -2.45. The maximum absolute atomic E-state index is 2.85. The van der Waals surface area contributed by atoms with Crippen LogP contribution in [0.4, 0.5) is 34.1 Å². The molecule has 0 spiro atoms. The third-order valence-corrected chi connectivity index (χ3v) is 17.4. The molecule has 11 rings (SSSR count). The first-order valence-electron chi connectivity index (χ1n) is 21.7. The SMILES string of the molecule is c1ccc(-c2ccc(-c3ccc(N(c4cccc(-c5ccccc5)c4)c4ccc5c(c4)N(c4ccccc4)c4ccccc4[Si]5(c4ccccc4)c4ccccc4)cc3)cc2)cc1. The topological polar surface area (TPSA) is 6.48 Å². The molecule has 0 aliphatic carbocycles. The average molecular weight is 821 g/mol. The molecule has 0 unspecified atom stereocenters. The van der Waals surface area contributed by atoms with Crippen LogP contribution in [0.2, 0.25) is 0 Å². The van der Waals surface area contributed by atoms with E-state index in [0.717, 1.165) is 22.7 Å². The van der Waals surface area contributed by atoms with Gasteiger partial charge in [0, 0.05) is 34.1 Å². The zero-order valence-corrected chi connectivity index (χ0v) is 35.8. The Bertz CT molecular complexity index is 3100. The largest absolute Gasteiger partial charge is 0.311 e. The molecule has 0 saturated heterocycles. The Hall–Kier alpha value is -7.98. The molecular weight excluding hydrogens is 777 g/mol. The minimum atomic E-state index is -2.85. The zero-order valence-electron chi connectivity index (χ0n) is 34.8. The van der Waals surface area contributed by atoms with Crippen molar-refractivity contribution in [3.63, 3.8) is 0 Å². The summed E-state index contributed by atoms with van der Waals surface area (Å²) in [5.41, 5.74) is 14.0. The smallest absolute Gasteiger partial charge is 0.184 e. The van der Waals surface area contributed by atoms with E-state index in [2.05, 4.69) is 277 Å². The van der Waals surface area contributed by atoms with Crippen LogP contribution in [-0.2, 0) is 0 Å². The summed E-state index contributed by atoms with van der Waals surface area (Å²) in [6, 6.07) is 97.9. The lowest BCUT2D eigenvalue weighted by molar-refractivity contribution is 1.25. The Morgan fingerprint density at radius 2 is 0.683 bits per heavy atom. The van der Waals surface area contributed by atoms with Gasteiger partial charge < -0.3 is 9.80 Å². The number of fused-ring (bicyclic) bond motifs is 2. The van der Waals surface area contributed by atoms with Gasteiger partial charge in [0.15, 0.2) is 8.07 Å². The molecule has 63 heavy (non-hydrogen) atoms. The summed E-state index contributed by atoms with van der Waals surface area (Å²) >= 11 is 0. The summed E-state index contributed by atoms with van der Waals surface area (Å²) in [6.45, 7) is 0. The fraction of sp³-hybridized carbons (Fsp3) is 0. The fourth-order valence-electron chi connectivity index (χ4n) is 9.63. The highest BCUT2D eigenvalue weighted by molar-refractivity contribution is 7.21. The van der Waals surface area contributed by atoms with Crippen LogP contribution in [0.15, 0.2) is 267 Å². The molecule has 0 amide bonds. The van der Waals surface area contributed by atoms with Gasteiger partial charge in [-0.3, -0.25) is 0 Å². The van der Waals surface area contributed by atoms with Gasteiger partial charge >= 0.3 is 0 Å². The Labute approximate surface area is 371 Å². The van der Waals surface area contributed by atoms with E-state index >= 15 is 0 Å². The van der Waals surface area contributed by atoms with Crippen molar-refractivity contribution in [1.29, 1.82) is 0 Å². The molecule has 1 heterocycles. The lowest BCUT2D eigenvalue weighted by atomic mass is 10.00. The molecule has 10 aromatic carbocycles. The molecule has 0 saturated carbocycles. The van der Waals surface area contributed by atoms with Crippen LogP contribution in [0.3, 0.4) is 0 Å². The van der Waals surface area contributed by atoms with Crippen LogP contribution in [0, 0.1) is 0 Å². The zero-order chi connectivity index (χ0) is 42.0. The molecule has 1 aliphatic rings. The molecule has 0 N–H and O–H groups in total. The second kappa shape index (κ2) is 16.5. The predicted octanol–water partition coefficient (Wildman–Crippen LogP) is 13.3. The van der Waals surface area contributed by atoms with Gasteiger partial charge in [0.2, 0.25) is 0 Å². The van der Waals surface area contributed by atoms with E-state index in [-0.39, 0.29) is 0 Å². The third-order valence-electron chi connectivity index (χ3n) is 12.5. The maximum Gasteiger partial charge on any atom is 0.184 e. The van der Waals surface area contributed by atoms with Gasteiger partial charge in [-0.25, -0.2) is 0 Å². The second-order valence-electron chi connectivity index (χ2n) is 16.1. The number of hydrogen-bond donors (Lipinski definition) is 0. The van der Waals surface area contributed by atoms with Crippen LogP contribution in [-0.4, -0.2) is 8.07 Å². The maximum atomic E-state index is 2.49.